The number of rotatable bonds is 1. The van der Waals surface area contributed by atoms with E-state index in [4.69, 9.17) is 0 Å². The van der Waals surface area contributed by atoms with Crippen LogP contribution in [0, 0.1) is 0 Å². The Labute approximate surface area is 102 Å². The van der Waals surface area contributed by atoms with Crippen molar-refractivity contribution >= 4 is 78.2 Å². The van der Waals surface area contributed by atoms with Gasteiger partial charge < -0.3 is 4.74 Å². The van der Waals surface area contributed by atoms with Crippen molar-refractivity contribution in [1.82, 2.24) is 0 Å². The summed E-state index contributed by atoms with van der Waals surface area (Å²) in [5, 5.41) is 0. The van der Waals surface area contributed by atoms with Crippen LogP contribution in [-0.2, 0) is 4.74 Å². The summed E-state index contributed by atoms with van der Waals surface area (Å²) in [6.45, 7) is 4.69. The molecule has 0 bridgehead atoms. The molecule has 50 valence electrons. The SMILES string of the molecule is CCOC(=S)S.C[CH2][K]. The van der Waals surface area contributed by atoms with Crippen molar-refractivity contribution < 1.29 is 4.74 Å². The van der Waals surface area contributed by atoms with E-state index in [0.717, 1.165) is 49.0 Å². The van der Waals surface area contributed by atoms with Crippen molar-refractivity contribution in [3.8, 4) is 0 Å². The first-order valence-electron chi connectivity index (χ1n) is 3.04. The van der Waals surface area contributed by atoms with Gasteiger partial charge in [-0.3, -0.25) is 0 Å². The standard InChI is InChI=1S/C3H6OS2.C2H5.K/c1-2-4-3(5)6;1-2;/h2H2,1H3,(H,5,6);1H2,2H3;. The van der Waals surface area contributed by atoms with Crippen molar-refractivity contribution in [1.29, 1.82) is 0 Å². The van der Waals surface area contributed by atoms with Crippen molar-refractivity contribution in [2.45, 2.75) is 14.4 Å². The molecule has 0 aromatic rings. The molecule has 0 N–H and O–H groups in total. The van der Waals surface area contributed by atoms with Gasteiger partial charge >= 0.3 is 56.4 Å². The molecular formula is C5H11KOS2. The number of thiocarbonyl (C=S) groups is 1. The van der Waals surface area contributed by atoms with Gasteiger partial charge in [0.2, 0.25) is 4.38 Å². The predicted molar refractivity (Wildman–Crippen MR) is 49.4 cm³/mol. The van der Waals surface area contributed by atoms with Crippen LogP contribution in [0.25, 0.3) is 0 Å². The maximum atomic E-state index is 4.64. The van der Waals surface area contributed by atoms with E-state index in [9.17, 15) is 0 Å². The molecular weight excluding hydrogens is 179 g/mol. The molecule has 0 amide bonds. The van der Waals surface area contributed by atoms with Gasteiger partial charge in [0.05, 0.1) is 6.61 Å². The van der Waals surface area contributed by atoms with Crippen molar-refractivity contribution in [2.24, 2.45) is 0 Å². The summed E-state index contributed by atoms with van der Waals surface area (Å²) in [5.74, 6) is 0. The summed E-state index contributed by atoms with van der Waals surface area (Å²) >= 11 is 9.23. The number of thiol groups is 1. The molecule has 0 atom stereocenters. The average molecular weight is 190 g/mol. The first-order valence-corrected chi connectivity index (χ1v) is 6.11. The Morgan fingerprint density at radius 1 is 1.67 bits per heavy atom. The summed E-state index contributed by atoms with van der Waals surface area (Å²) < 4.78 is 6.39. The Hall–Kier alpha value is 1.88. The van der Waals surface area contributed by atoms with Gasteiger partial charge in [0.25, 0.3) is 0 Å². The van der Waals surface area contributed by atoms with Gasteiger partial charge in [-0.1, -0.05) is 12.6 Å². The molecule has 0 heterocycles. The molecule has 0 aliphatic rings. The molecule has 0 aromatic carbocycles. The van der Waals surface area contributed by atoms with Crippen LogP contribution in [0.5, 0.6) is 0 Å². The van der Waals surface area contributed by atoms with E-state index in [1.165, 1.54) is 0.515 Å². The van der Waals surface area contributed by atoms with Gasteiger partial charge in [0.1, 0.15) is 0 Å². The van der Waals surface area contributed by atoms with Crippen LogP contribution in [0.15, 0.2) is 0 Å². The van der Waals surface area contributed by atoms with Gasteiger partial charge in [-0.25, -0.2) is 0 Å². The van der Waals surface area contributed by atoms with E-state index in [1.807, 2.05) is 6.92 Å². The number of ether oxygens (including phenoxy) is 1. The van der Waals surface area contributed by atoms with Gasteiger partial charge in [0.15, 0.2) is 0 Å². The predicted octanol–water partition coefficient (Wildman–Crippen LogP) is 1.83. The van der Waals surface area contributed by atoms with Crippen LogP contribution in [-0.4, -0.2) is 59.9 Å². The molecule has 0 aliphatic heterocycles. The Balaban J connectivity index is 0. The number of hydrogen-bond donors (Lipinski definition) is 1. The van der Waals surface area contributed by atoms with Crippen LogP contribution in [0.4, 0.5) is 0 Å². The summed E-state index contributed by atoms with van der Waals surface area (Å²) in [6.07, 6.45) is 0. The van der Waals surface area contributed by atoms with Gasteiger partial charge in [-0.2, -0.15) is 0 Å². The molecule has 0 saturated heterocycles. The normalized spacial score (nSPS) is 7.22. The molecule has 9 heavy (non-hydrogen) atoms. The van der Waals surface area contributed by atoms with E-state index >= 15 is 0 Å². The Morgan fingerprint density at radius 3 is 2.00 bits per heavy atom. The fraction of sp³-hybridized carbons (Fsp3) is 0.800. The summed E-state index contributed by atoms with van der Waals surface area (Å²) in [6, 6.07) is 0. The zero-order valence-electron chi connectivity index (χ0n) is 6.18. The maximum absolute atomic E-state index is 4.64. The monoisotopic (exact) mass is 190 g/mol. The molecule has 0 saturated carbocycles. The van der Waals surface area contributed by atoms with E-state index in [-0.39, 0.29) is 0 Å². The van der Waals surface area contributed by atoms with Crippen LogP contribution < -0.4 is 0 Å². The molecule has 0 radical (unpaired) electrons. The van der Waals surface area contributed by atoms with E-state index < -0.39 is 0 Å². The third-order valence-electron chi connectivity index (χ3n) is 0.268. The van der Waals surface area contributed by atoms with E-state index in [2.05, 4.69) is 36.5 Å². The van der Waals surface area contributed by atoms with E-state index in [0.29, 0.717) is 11.0 Å². The van der Waals surface area contributed by atoms with Gasteiger partial charge in [-0.15, -0.1) is 0 Å². The Morgan fingerprint density at radius 2 is 2.00 bits per heavy atom. The quantitative estimate of drug-likeness (QED) is 0.384. The third kappa shape index (κ3) is 25.8. The molecule has 1 nitrogen and oxygen atoms in total. The van der Waals surface area contributed by atoms with E-state index in [1.54, 1.807) is 0 Å². The van der Waals surface area contributed by atoms with Crippen LogP contribution >= 0.6 is 24.8 Å². The molecule has 0 unspecified atom stereocenters. The molecule has 0 fully saturated rings. The summed E-state index contributed by atoms with van der Waals surface area (Å²) in [5.41, 5.74) is 0. The zero-order valence-corrected chi connectivity index (χ0v) is 11.0. The van der Waals surface area contributed by atoms with Crippen molar-refractivity contribution in [2.75, 3.05) is 6.61 Å². The fourth-order valence-corrected chi connectivity index (χ4v) is 0.370. The molecule has 0 aliphatic carbocycles. The zero-order chi connectivity index (χ0) is 7.70. The minimum absolute atomic E-state index is 0.317. The topological polar surface area (TPSA) is 9.23 Å². The number of hydrogen-bond acceptors (Lipinski definition) is 2. The van der Waals surface area contributed by atoms with Gasteiger partial charge in [-0.05, 0) is 19.1 Å². The average Bonchev–Trinajstić information content (AvgIpc) is 1.67. The van der Waals surface area contributed by atoms with Crippen molar-refractivity contribution in [3.63, 3.8) is 0 Å². The summed E-state index contributed by atoms with van der Waals surface area (Å²) in [7, 11) is 0. The first kappa shape index (κ1) is 13.5. The fourth-order valence-electron chi connectivity index (χ4n) is 0.123. The third-order valence-corrected chi connectivity index (χ3v) is 0.515. The molecule has 0 spiro atoms. The molecule has 0 rings (SSSR count). The molecule has 4 heteroatoms. The van der Waals surface area contributed by atoms with Crippen LogP contribution in [0.3, 0.4) is 0 Å². The second-order valence-electron chi connectivity index (χ2n) is 1.41. The molecule has 0 aromatic heterocycles. The second kappa shape index (κ2) is 12.5. The first-order chi connectivity index (χ1) is 4.18. The minimum atomic E-state index is 0.317. The van der Waals surface area contributed by atoms with Crippen LogP contribution in [0.2, 0.25) is 0.515 Å². The summed E-state index contributed by atoms with van der Waals surface area (Å²) in [4.78, 5) is 0. The van der Waals surface area contributed by atoms with Gasteiger partial charge in [0, 0.05) is 0 Å². The Bertz CT molecular complexity index is 68.0. The van der Waals surface area contributed by atoms with Crippen LogP contribution in [0.1, 0.15) is 13.8 Å². The van der Waals surface area contributed by atoms with Crippen molar-refractivity contribution in [3.05, 3.63) is 0 Å². The second-order valence-corrected chi connectivity index (χ2v) is 4.69. The Kier molecular flexibility index (Phi) is 18.8.